The van der Waals surface area contributed by atoms with E-state index >= 15 is 0 Å². The summed E-state index contributed by atoms with van der Waals surface area (Å²) >= 11 is 0. The van der Waals surface area contributed by atoms with E-state index in [0.29, 0.717) is 6.54 Å². The van der Waals surface area contributed by atoms with Gasteiger partial charge in [-0.1, -0.05) is 0 Å². The lowest BCUT2D eigenvalue weighted by Crippen LogP contribution is -2.48. The van der Waals surface area contributed by atoms with E-state index < -0.39 is 10.2 Å². The first-order valence-corrected chi connectivity index (χ1v) is 4.70. The number of hydrogen-bond acceptors (Lipinski definition) is 2. The van der Waals surface area contributed by atoms with Crippen molar-refractivity contribution in [1.29, 1.82) is 0 Å². The fourth-order valence-electron chi connectivity index (χ4n) is 0.899. The molecule has 0 saturated carbocycles. The zero-order valence-electron chi connectivity index (χ0n) is 6.16. The summed E-state index contributed by atoms with van der Waals surface area (Å²) in [7, 11) is -1.55. The molecule has 1 heterocycles. The maximum absolute atomic E-state index is 11.0. The average Bonchev–Trinajstić information content (AvgIpc) is 1.78. The van der Waals surface area contributed by atoms with Crippen LogP contribution in [0.15, 0.2) is 0 Å². The average molecular weight is 164 g/mol. The highest BCUT2D eigenvalue weighted by atomic mass is 32.2. The van der Waals surface area contributed by atoms with Crippen LogP contribution in [0, 0.1) is 0 Å². The maximum Gasteiger partial charge on any atom is 0.279 e. The van der Waals surface area contributed by atoms with Gasteiger partial charge in [-0.05, 0) is 13.3 Å². The monoisotopic (exact) mass is 164 g/mol. The van der Waals surface area contributed by atoms with Gasteiger partial charge in [0.15, 0.2) is 0 Å². The first kappa shape index (κ1) is 7.97. The van der Waals surface area contributed by atoms with Gasteiger partial charge in [0.2, 0.25) is 0 Å². The van der Waals surface area contributed by atoms with Crippen LogP contribution in [0.3, 0.4) is 0 Å². The Labute approximate surface area is 61.4 Å². The molecule has 0 aromatic heterocycles. The van der Waals surface area contributed by atoms with Gasteiger partial charge in [-0.3, -0.25) is 0 Å². The van der Waals surface area contributed by atoms with E-state index in [1.807, 2.05) is 6.92 Å². The third kappa shape index (κ3) is 1.47. The second kappa shape index (κ2) is 2.48. The summed E-state index contributed by atoms with van der Waals surface area (Å²) in [6.07, 6.45) is 0.885. The lowest BCUT2D eigenvalue weighted by atomic mass is 10.2. The number of rotatable bonds is 0. The molecule has 1 rings (SSSR count). The summed E-state index contributed by atoms with van der Waals surface area (Å²) in [6.45, 7) is 2.49. The van der Waals surface area contributed by atoms with E-state index in [-0.39, 0.29) is 6.04 Å². The standard InChI is InChI=1S/C5H12N2O2S/c1-5-3-4-7(2)10(8,9)6-5/h5-6H,3-4H2,1-2H3/t5-/m1/s1. The molecule has 0 spiro atoms. The van der Waals surface area contributed by atoms with Crippen molar-refractivity contribution in [3.05, 3.63) is 0 Å². The smallest absolute Gasteiger partial charge is 0.199 e. The topological polar surface area (TPSA) is 49.4 Å². The molecule has 60 valence electrons. The summed E-state index contributed by atoms with van der Waals surface area (Å²) < 4.78 is 25.8. The quantitative estimate of drug-likeness (QED) is 0.527. The molecular weight excluding hydrogens is 152 g/mol. The van der Waals surface area contributed by atoms with Crippen molar-refractivity contribution in [2.45, 2.75) is 19.4 Å². The molecule has 0 bridgehead atoms. The Morgan fingerprint density at radius 2 is 2.20 bits per heavy atom. The molecule has 0 amide bonds. The molecular formula is C5H12N2O2S. The third-order valence-corrected chi connectivity index (χ3v) is 3.34. The fourth-order valence-corrected chi connectivity index (χ4v) is 2.05. The largest absolute Gasteiger partial charge is 0.279 e. The first-order chi connectivity index (χ1) is 4.52. The highest BCUT2D eigenvalue weighted by Crippen LogP contribution is 2.06. The number of nitrogens with zero attached hydrogens (tertiary/aromatic N) is 1. The molecule has 1 aliphatic rings. The van der Waals surface area contributed by atoms with Gasteiger partial charge in [0.05, 0.1) is 0 Å². The van der Waals surface area contributed by atoms with E-state index in [0.717, 1.165) is 6.42 Å². The van der Waals surface area contributed by atoms with E-state index in [1.165, 1.54) is 4.31 Å². The van der Waals surface area contributed by atoms with Crippen molar-refractivity contribution in [3.63, 3.8) is 0 Å². The summed E-state index contributed by atoms with van der Waals surface area (Å²) in [4.78, 5) is 0. The second-order valence-electron chi connectivity index (χ2n) is 2.63. The fraction of sp³-hybridized carbons (Fsp3) is 1.00. The van der Waals surface area contributed by atoms with E-state index in [2.05, 4.69) is 4.72 Å². The predicted octanol–water partition coefficient (Wildman–Crippen LogP) is -0.455. The Hall–Kier alpha value is -0.130. The van der Waals surface area contributed by atoms with Crippen LogP contribution in [0.1, 0.15) is 13.3 Å². The van der Waals surface area contributed by atoms with Crippen LogP contribution in [0.4, 0.5) is 0 Å². The summed E-state index contributed by atoms with van der Waals surface area (Å²) in [6, 6.07) is 0.0844. The van der Waals surface area contributed by atoms with Gasteiger partial charge in [-0.2, -0.15) is 17.4 Å². The molecule has 1 aliphatic heterocycles. The zero-order valence-corrected chi connectivity index (χ0v) is 6.98. The lowest BCUT2D eigenvalue weighted by Gasteiger charge is -2.27. The predicted molar refractivity (Wildman–Crippen MR) is 38.8 cm³/mol. The highest BCUT2D eigenvalue weighted by molar-refractivity contribution is 7.87. The minimum Gasteiger partial charge on any atom is -0.199 e. The molecule has 0 aromatic carbocycles. The summed E-state index contributed by atoms with van der Waals surface area (Å²) in [5.41, 5.74) is 0. The minimum absolute atomic E-state index is 0.0844. The molecule has 4 nitrogen and oxygen atoms in total. The molecule has 10 heavy (non-hydrogen) atoms. The summed E-state index contributed by atoms with van der Waals surface area (Å²) in [5.74, 6) is 0. The zero-order chi connectivity index (χ0) is 7.78. The number of hydrogen-bond donors (Lipinski definition) is 1. The van der Waals surface area contributed by atoms with Crippen LogP contribution in [0.25, 0.3) is 0 Å². The van der Waals surface area contributed by atoms with Crippen LogP contribution >= 0.6 is 0 Å². The van der Waals surface area contributed by atoms with E-state index in [1.54, 1.807) is 7.05 Å². The van der Waals surface area contributed by atoms with Gasteiger partial charge in [0.25, 0.3) is 10.2 Å². The van der Waals surface area contributed by atoms with Crippen molar-refractivity contribution in [2.75, 3.05) is 13.6 Å². The van der Waals surface area contributed by atoms with E-state index in [4.69, 9.17) is 0 Å². The van der Waals surface area contributed by atoms with Crippen LogP contribution in [0.5, 0.6) is 0 Å². The van der Waals surface area contributed by atoms with Crippen LogP contribution < -0.4 is 4.72 Å². The highest BCUT2D eigenvalue weighted by Gasteiger charge is 2.25. The van der Waals surface area contributed by atoms with Crippen LogP contribution in [-0.4, -0.2) is 32.4 Å². The Kier molecular flexibility index (Phi) is 1.98. The molecule has 1 N–H and O–H groups in total. The van der Waals surface area contributed by atoms with Gasteiger partial charge in [-0.15, -0.1) is 0 Å². The molecule has 1 fully saturated rings. The SMILES string of the molecule is C[C@@H]1CCN(C)S(=O)(=O)N1. The lowest BCUT2D eigenvalue weighted by molar-refractivity contribution is 0.388. The Bertz CT molecular complexity index is 212. The molecule has 0 unspecified atom stereocenters. The second-order valence-corrected chi connectivity index (χ2v) is 4.44. The van der Waals surface area contributed by atoms with Crippen molar-refractivity contribution in [3.8, 4) is 0 Å². The maximum atomic E-state index is 11.0. The van der Waals surface area contributed by atoms with Crippen molar-refractivity contribution >= 4 is 10.2 Å². The molecule has 0 aliphatic carbocycles. The Balaban J connectivity index is 2.74. The van der Waals surface area contributed by atoms with Gasteiger partial charge >= 0.3 is 0 Å². The molecule has 1 saturated heterocycles. The summed E-state index contributed by atoms with van der Waals surface area (Å²) in [5, 5.41) is 0. The number of nitrogens with one attached hydrogen (secondary N) is 1. The van der Waals surface area contributed by atoms with Gasteiger partial charge in [-0.25, -0.2) is 0 Å². The molecule has 1 atom stereocenters. The Morgan fingerprint density at radius 1 is 1.60 bits per heavy atom. The normalized spacial score (nSPS) is 34.0. The molecule has 0 aromatic rings. The van der Waals surface area contributed by atoms with Crippen molar-refractivity contribution in [1.82, 2.24) is 9.03 Å². The first-order valence-electron chi connectivity index (χ1n) is 3.26. The van der Waals surface area contributed by atoms with Crippen LogP contribution in [-0.2, 0) is 10.2 Å². The van der Waals surface area contributed by atoms with Gasteiger partial charge in [0, 0.05) is 19.6 Å². The van der Waals surface area contributed by atoms with Crippen molar-refractivity contribution < 1.29 is 8.42 Å². The minimum atomic E-state index is -3.13. The third-order valence-electron chi connectivity index (χ3n) is 1.64. The van der Waals surface area contributed by atoms with Crippen LogP contribution in [0.2, 0.25) is 0 Å². The molecule has 5 heteroatoms. The Morgan fingerprint density at radius 3 is 2.60 bits per heavy atom. The van der Waals surface area contributed by atoms with Crippen molar-refractivity contribution in [2.24, 2.45) is 0 Å². The van der Waals surface area contributed by atoms with E-state index in [9.17, 15) is 8.42 Å². The van der Waals surface area contributed by atoms with Gasteiger partial charge < -0.3 is 0 Å². The van der Waals surface area contributed by atoms with Gasteiger partial charge in [0.1, 0.15) is 0 Å². The molecule has 0 radical (unpaired) electrons.